The Bertz CT molecular complexity index is 751. The molecular formula is C16H15ClN4O2. The summed E-state index contributed by atoms with van der Waals surface area (Å²) in [4.78, 5) is 25.6. The van der Waals surface area contributed by atoms with Gasteiger partial charge in [-0.05, 0) is 23.8 Å². The van der Waals surface area contributed by atoms with Crippen molar-refractivity contribution in [2.24, 2.45) is 5.84 Å². The summed E-state index contributed by atoms with van der Waals surface area (Å²) in [5.74, 6) is 4.71. The van der Waals surface area contributed by atoms with Crippen molar-refractivity contribution in [2.45, 2.75) is 6.04 Å². The van der Waals surface area contributed by atoms with Crippen LogP contribution in [0.2, 0.25) is 5.02 Å². The Balaban J connectivity index is 2.12. The van der Waals surface area contributed by atoms with Gasteiger partial charge in [0.1, 0.15) is 6.54 Å². The highest BCUT2D eigenvalue weighted by molar-refractivity contribution is 6.30. The van der Waals surface area contributed by atoms with Gasteiger partial charge in [0.15, 0.2) is 0 Å². The van der Waals surface area contributed by atoms with Gasteiger partial charge in [0.2, 0.25) is 0 Å². The Morgan fingerprint density at radius 3 is 2.70 bits per heavy atom. The van der Waals surface area contributed by atoms with Crippen LogP contribution in [0.1, 0.15) is 17.2 Å². The number of amides is 3. The number of carbonyl (C=O) groups is 2. The number of nitrogens with two attached hydrogens (primary N) is 1. The molecule has 23 heavy (non-hydrogen) atoms. The number of rotatable bonds is 3. The van der Waals surface area contributed by atoms with E-state index in [4.69, 9.17) is 17.4 Å². The van der Waals surface area contributed by atoms with Gasteiger partial charge in [-0.15, -0.1) is 0 Å². The quantitative estimate of drug-likeness (QED) is 0.458. The predicted molar refractivity (Wildman–Crippen MR) is 87.8 cm³/mol. The lowest BCUT2D eigenvalue weighted by atomic mass is 9.94. The Labute approximate surface area is 138 Å². The Morgan fingerprint density at radius 1 is 1.26 bits per heavy atom. The number of carbonyl (C=O) groups excluding carboxylic acids is 2. The molecule has 0 aromatic heterocycles. The fourth-order valence-electron chi connectivity index (χ4n) is 2.70. The summed E-state index contributed by atoms with van der Waals surface area (Å²) >= 11 is 6.12. The zero-order chi connectivity index (χ0) is 16.4. The molecule has 1 heterocycles. The number of nitrogens with one attached hydrogen (secondary N) is 2. The molecule has 1 aliphatic rings. The number of hydrogen-bond donors (Lipinski definition) is 3. The normalized spacial score (nSPS) is 16.5. The lowest BCUT2D eigenvalue weighted by Gasteiger charge is -2.37. The van der Waals surface area contributed by atoms with Crippen molar-refractivity contribution in [2.75, 3.05) is 11.9 Å². The fourth-order valence-corrected chi connectivity index (χ4v) is 2.88. The number of anilines is 1. The van der Waals surface area contributed by atoms with Crippen LogP contribution in [0, 0.1) is 0 Å². The molecule has 3 amide bonds. The number of hydrazine groups is 1. The van der Waals surface area contributed by atoms with E-state index in [-0.39, 0.29) is 12.6 Å². The van der Waals surface area contributed by atoms with Crippen LogP contribution in [0.5, 0.6) is 0 Å². The van der Waals surface area contributed by atoms with Crippen molar-refractivity contribution in [3.63, 3.8) is 0 Å². The second kappa shape index (κ2) is 6.28. The van der Waals surface area contributed by atoms with Gasteiger partial charge >= 0.3 is 6.03 Å². The molecule has 0 unspecified atom stereocenters. The molecule has 0 radical (unpaired) electrons. The van der Waals surface area contributed by atoms with Gasteiger partial charge in [-0.25, -0.2) is 10.6 Å². The summed E-state index contributed by atoms with van der Waals surface area (Å²) in [5.41, 5.74) is 4.44. The number of fused-ring (bicyclic) bond motifs is 1. The summed E-state index contributed by atoms with van der Waals surface area (Å²) in [7, 11) is 0. The fraction of sp³-hybridized carbons (Fsp3) is 0.125. The Hall–Kier alpha value is -2.57. The maximum absolute atomic E-state index is 12.4. The summed E-state index contributed by atoms with van der Waals surface area (Å²) in [5, 5.41) is 3.33. The van der Waals surface area contributed by atoms with E-state index < -0.39 is 11.9 Å². The average Bonchev–Trinajstić information content (AvgIpc) is 2.56. The molecule has 1 aliphatic heterocycles. The zero-order valence-electron chi connectivity index (χ0n) is 12.1. The van der Waals surface area contributed by atoms with E-state index in [1.165, 1.54) is 4.90 Å². The number of nitrogens with zero attached hydrogens (tertiary/aromatic N) is 1. The lowest BCUT2D eigenvalue weighted by molar-refractivity contribution is -0.122. The van der Waals surface area contributed by atoms with E-state index in [1.54, 1.807) is 18.2 Å². The second-order valence-corrected chi connectivity index (χ2v) is 5.61. The number of urea groups is 1. The third-order valence-electron chi connectivity index (χ3n) is 3.71. The number of benzene rings is 2. The Morgan fingerprint density at radius 2 is 2.00 bits per heavy atom. The van der Waals surface area contributed by atoms with Crippen LogP contribution in [-0.4, -0.2) is 23.4 Å². The van der Waals surface area contributed by atoms with Crippen molar-refractivity contribution in [3.05, 3.63) is 64.7 Å². The van der Waals surface area contributed by atoms with E-state index in [0.717, 1.165) is 11.1 Å². The van der Waals surface area contributed by atoms with Crippen LogP contribution < -0.4 is 16.6 Å². The molecule has 0 fully saturated rings. The molecule has 0 aliphatic carbocycles. The summed E-state index contributed by atoms with van der Waals surface area (Å²) in [6.45, 7) is -0.159. The molecule has 118 valence electrons. The maximum atomic E-state index is 12.4. The van der Waals surface area contributed by atoms with Crippen LogP contribution in [0.25, 0.3) is 0 Å². The van der Waals surface area contributed by atoms with Gasteiger partial charge in [-0.1, -0.05) is 41.9 Å². The molecule has 4 N–H and O–H groups in total. The third kappa shape index (κ3) is 2.99. The van der Waals surface area contributed by atoms with Crippen LogP contribution in [-0.2, 0) is 4.79 Å². The molecule has 1 atom stereocenters. The van der Waals surface area contributed by atoms with Gasteiger partial charge in [0.05, 0.1) is 6.04 Å². The van der Waals surface area contributed by atoms with Crippen molar-refractivity contribution in [1.82, 2.24) is 10.3 Å². The van der Waals surface area contributed by atoms with E-state index in [0.29, 0.717) is 10.7 Å². The first-order valence-corrected chi connectivity index (χ1v) is 7.39. The van der Waals surface area contributed by atoms with Gasteiger partial charge < -0.3 is 10.2 Å². The third-order valence-corrected chi connectivity index (χ3v) is 3.95. The van der Waals surface area contributed by atoms with E-state index in [2.05, 4.69) is 10.7 Å². The maximum Gasteiger partial charge on any atom is 0.323 e. The first kappa shape index (κ1) is 15.3. The van der Waals surface area contributed by atoms with Gasteiger partial charge in [0.25, 0.3) is 5.91 Å². The van der Waals surface area contributed by atoms with E-state index in [9.17, 15) is 9.59 Å². The van der Waals surface area contributed by atoms with Gasteiger partial charge in [-0.2, -0.15) is 0 Å². The van der Waals surface area contributed by atoms with Crippen molar-refractivity contribution < 1.29 is 9.59 Å². The minimum absolute atomic E-state index is 0.159. The van der Waals surface area contributed by atoms with Crippen LogP contribution in [0.15, 0.2) is 48.5 Å². The largest absolute Gasteiger partial charge is 0.323 e. The summed E-state index contributed by atoms with van der Waals surface area (Å²) < 4.78 is 0. The van der Waals surface area contributed by atoms with Crippen LogP contribution in [0.4, 0.5) is 10.5 Å². The van der Waals surface area contributed by atoms with Crippen molar-refractivity contribution in [3.8, 4) is 0 Å². The molecule has 3 rings (SSSR count). The molecule has 0 bridgehead atoms. The zero-order valence-corrected chi connectivity index (χ0v) is 12.9. The van der Waals surface area contributed by atoms with Crippen molar-refractivity contribution >= 4 is 29.2 Å². The first-order valence-electron chi connectivity index (χ1n) is 7.01. The van der Waals surface area contributed by atoms with Crippen LogP contribution >= 0.6 is 11.6 Å². The first-order chi connectivity index (χ1) is 11.1. The molecule has 2 aromatic carbocycles. The highest BCUT2D eigenvalue weighted by Gasteiger charge is 2.34. The van der Waals surface area contributed by atoms with E-state index in [1.807, 2.05) is 30.3 Å². The topological polar surface area (TPSA) is 87.5 Å². The summed E-state index contributed by atoms with van der Waals surface area (Å²) in [6, 6.07) is 13.9. The molecule has 0 spiro atoms. The Kier molecular flexibility index (Phi) is 4.18. The molecule has 7 heteroatoms. The standard InChI is InChI=1S/C16H15ClN4O2/c17-11-6-7-13-12(8-11)15(10-4-2-1-3-5-10)21(16(23)19-13)9-14(22)20-18/h1-8,15H,9,18H2,(H,19,23)(H,20,22)/t15-/m1/s1. The second-order valence-electron chi connectivity index (χ2n) is 5.17. The smallest absolute Gasteiger partial charge is 0.307 e. The minimum Gasteiger partial charge on any atom is -0.307 e. The summed E-state index contributed by atoms with van der Waals surface area (Å²) in [6.07, 6.45) is 0. The number of hydrogen-bond acceptors (Lipinski definition) is 3. The SMILES string of the molecule is NNC(=O)CN1C(=O)Nc2ccc(Cl)cc2[C@H]1c1ccccc1. The molecule has 2 aromatic rings. The van der Waals surface area contributed by atoms with Gasteiger partial charge in [0, 0.05) is 16.3 Å². The molecule has 0 saturated heterocycles. The lowest BCUT2D eigenvalue weighted by Crippen LogP contribution is -2.48. The van der Waals surface area contributed by atoms with Crippen molar-refractivity contribution in [1.29, 1.82) is 0 Å². The highest BCUT2D eigenvalue weighted by Crippen LogP contribution is 2.38. The molecular weight excluding hydrogens is 316 g/mol. The monoisotopic (exact) mass is 330 g/mol. The van der Waals surface area contributed by atoms with Crippen LogP contribution in [0.3, 0.4) is 0 Å². The average molecular weight is 331 g/mol. The van der Waals surface area contributed by atoms with E-state index >= 15 is 0 Å². The van der Waals surface area contributed by atoms with Gasteiger partial charge in [-0.3, -0.25) is 10.2 Å². The molecule has 0 saturated carbocycles. The predicted octanol–water partition coefficient (Wildman–Crippen LogP) is 2.27. The minimum atomic E-state index is -0.452. The number of halogens is 1. The molecule has 6 nitrogen and oxygen atoms in total. The highest BCUT2D eigenvalue weighted by atomic mass is 35.5.